The maximum atomic E-state index is 12.4. The number of rotatable bonds is 2. The van der Waals surface area contributed by atoms with Crippen LogP contribution in [0.2, 0.25) is 0 Å². The lowest BCUT2D eigenvalue weighted by Gasteiger charge is -2.02. The number of fused-ring (bicyclic) bond motifs is 1. The highest BCUT2D eigenvalue weighted by atomic mass is 16.1. The second-order valence-corrected chi connectivity index (χ2v) is 4.22. The van der Waals surface area contributed by atoms with E-state index in [0.29, 0.717) is 11.3 Å². The number of ketones is 1. The van der Waals surface area contributed by atoms with Crippen LogP contribution in [0, 0.1) is 6.92 Å². The zero-order valence-corrected chi connectivity index (χ0v) is 10.00. The van der Waals surface area contributed by atoms with Gasteiger partial charge in [0.1, 0.15) is 11.3 Å². The molecule has 3 rings (SSSR count). The van der Waals surface area contributed by atoms with Gasteiger partial charge in [0, 0.05) is 11.8 Å². The fourth-order valence-corrected chi connectivity index (χ4v) is 2.06. The van der Waals surface area contributed by atoms with Gasteiger partial charge in [0.15, 0.2) is 0 Å². The second kappa shape index (κ2) is 4.11. The van der Waals surface area contributed by atoms with Crippen LogP contribution in [0.4, 0.5) is 0 Å². The summed E-state index contributed by atoms with van der Waals surface area (Å²) in [6.45, 7) is 1.99. The van der Waals surface area contributed by atoms with Gasteiger partial charge in [-0.15, -0.1) is 0 Å². The predicted octanol–water partition coefficient (Wildman–Crippen LogP) is 2.87. The van der Waals surface area contributed by atoms with Crippen molar-refractivity contribution in [3.05, 3.63) is 71.7 Å². The number of carbonyl (C=O) groups is 1. The largest absolute Gasteiger partial charge is 0.297 e. The quantitative estimate of drug-likeness (QED) is 0.641. The molecule has 0 radical (unpaired) electrons. The Morgan fingerprint density at radius 3 is 2.67 bits per heavy atom. The lowest BCUT2D eigenvalue weighted by Crippen LogP contribution is -2.04. The normalized spacial score (nSPS) is 10.7. The predicted molar refractivity (Wildman–Crippen MR) is 69.8 cm³/mol. The number of hydrogen-bond donors (Lipinski definition) is 0. The first-order valence-corrected chi connectivity index (χ1v) is 5.80. The van der Waals surface area contributed by atoms with Crippen molar-refractivity contribution in [2.75, 3.05) is 0 Å². The van der Waals surface area contributed by atoms with Crippen molar-refractivity contribution in [2.24, 2.45) is 0 Å². The molecule has 0 aliphatic carbocycles. The lowest BCUT2D eigenvalue weighted by atomic mass is 10.1. The third-order valence-corrected chi connectivity index (χ3v) is 3.00. The van der Waals surface area contributed by atoms with Gasteiger partial charge in [-0.25, -0.2) is 4.98 Å². The van der Waals surface area contributed by atoms with E-state index in [2.05, 4.69) is 4.98 Å². The van der Waals surface area contributed by atoms with Gasteiger partial charge in [-0.2, -0.15) is 0 Å². The first-order valence-electron chi connectivity index (χ1n) is 5.80. The second-order valence-electron chi connectivity index (χ2n) is 4.22. The number of hydrogen-bond acceptors (Lipinski definition) is 2. The van der Waals surface area contributed by atoms with E-state index in [9.17, 15) is 4.79 Å². The van der Waals surface area contributed by atoms with Gasteiger partial charge in [0.05, 0.1) is 6.20 Å². The van der Waals surface area contributed by atoms with Gasteiger partial charge in [-0.05, 0) is 18.6 Å². The third kappa shape index (κ3) is 1.61. The van der Waals surface area contributed by atoms with Crippen LogP contribution in [0.25, 0.3) is 5.65 Å². The number of aromatic nitrogens is 2. The highest BCUT2D eigenvalue weighted by Crippen LogP contribution is 2.14. The highest BCUT2D eigenvalue weighted by Gasteiger charge is 2.14. The molecule has 3 nitrogen and oxygen atoms in total. The van der Waals surface area contributed by atoms with Gasteiger partial charge in [0.25, 0.3) is 0 Å². The molecule has 3 heteroatoms. The van der Waals surface area contributed by atoms with Gasteiger partial charge < -0.3 is 0 Å². The Balaban J connectivity index is 2.16. The van der Waals surface area contributed by atoms with Crippen molar-refractivity contribution in [1.82, 2.24) is 9.38 Å². The molecule has 88 valence electrons. The zero-order valence-electron chi connectivity index (χ0n) is 10.00. The zero-order chi connectivity index (χ0) is 12.5. The van der Waals surface area contributed by atoms with Crippen LogP contribution in [0.15, 0.2) is 54.9 Å². The summed E-state index contributed by atoms with van der Waals surface area (Å²) in [5.41, 5.74) is 3.17. The van der Waals surface area contributed by atoms with E-state index >= 15 is 0 Å². The van der Waals surface area contributed by atoms with Crippen LogP contribution in [-0.4, -0.2) is 15.2 Å². The maximum Gasteiger partial charge on any atom is 0.211 e. The number of imidazole rings is 1. The van der Waals surface area contributed by atoms with Crippen LogP contribution < -0.4 is 0 Å². The average molecular weight is 236 g/mol. The van der Waals surface area contributed by atoms with Crippen molar-refractivity contribution < 1.29 is 4.79 Å². The summed E-state index contributed by atoms with van der Waals surface area (Å²) in [7, 11) is 0. The minimum atomic E-state index is -0.00583. The van der Waals surface area contributed by atoms with Crippen molar-refractivity contribution in [1.29, 1.82) is 0 Å². The fourth-order valence-electron chi connectivity index (χ4n) is 2.06. The Hall–Kier alpha value is -2.42. The molecule has 0 aliphatic rings. The molecule has 0 atom stereocenters. The van der Waals surface area contributed by atoms with E-state index in [-0.39, 0.29) is 5.78 Å². The average Bonchev–Trinajstić information content (AvgIpc) is 2.84. The summed E-state index contributed by atoms with van der Waals surface area (Å²) in [5, 5.41) is 0. The summed E-state index contributed by atoms with van der Waals surface area (Å²) >= 11 is 0. The van der Waals surface area contributed by atoms with E-state index in [4.69, 9.17) is 0 Å². The van der Waals surface area contributed by atoms with Crippen LogP contribution in [-0.2, 0) is 0 Å². The minimum Gasteiger partial charge on any atom is -0.297 e. The molecule has 0 fully saturated rings. The van der Waals surface area contributed by atoms with E-state index in [1.54, 1.807) is 6.20 Å². The third-order valence-electron chi connectivity index (χ3n) is 3.00. The number of aryl methyl sites for hydroxylation is 1. The lowest BCUT2D eigenvalue weighted by molar-refractivity contribution is 0.103. The molecule has 0 saturated carbocycles. The number of carbonyl (C=O) groups excluding carboxylic acids is 1. The Labute approximate surface area is 105 Å². The van der Waals surface area contributed by atoms with Crippen LogP contribution >= 0.6 is 0 Å². The summed E-state index contributed by atoms with van der Waals surface area (Å²) < 4.78 is 1.84. The summed E-state index contributed by atoms with van der Waals surface area (Å²) in [6.07, 6.45) is 3.50. The molecule has 0 saturated heterocycles. The topological polar surface area (TPSA) is 34.4 Å². The molecular formula is C15H12N2O. The highest BCUT2D eigenvalue weighted by molar-refractivity contribution is 6.08. The molecule has 0 spiro atoms. The molecule has 2 aromatic heterocycles. The molecule has 2 heterocycles. The van der Waals surface area contributed by atoms with Crippen LogP contribution in [0.5, 0.6) is 0 Å². The Bertz CT molecular complexity index is 714. The van der Waals surface area contributed by atoms with E-state index < -0.39 is 0 Å². The Morgan fingerprint density at radius 2 is 1.89 bits per heavy atom. The van der Waals surface area contributed by atoms with Gasteiger partial charge in [0.2, 0.25) is 5.78 Å². The molecular weight excluding hydrogens is 224 g/mol. The van der Waals surface area contributed by atoms with Crippen molar-refractivity contribution in [2.45, 2.75) is 6.92 Å². The summed E-state index contributed by atoms with van der Waals surface area (Å²) in [4.78, 5) is 16.7. The van der Waals surface area contributed by atoms with E-state index in [1.807, 2.05) is 60.0 Å². The van der Waals surface area contributed by atoms with Gasteiger partial charge in [-0.1, -0.05) is 36.4 Å². The van der Waals surface area contributed by atoms with Crippen LogP contribution in [0.1, 0.15) is 21.6 Å². The minimum absolute atomic E-state index is 0.00583. The van der Waals surface area contributed by atoms with Crippen molar-refractivity contribution in [3.63, 3.8) is 0 Å². The molecule has 0 amide bonds. The van der Waals surface area contributed by atoms with Crippen LogP contribution in [0.3, 0.4) is 0 Å². The first-order chi connectivity index (χ1) is 8.77. The SMILES string of the molecule is Cc1cccn2c(C(=O)c3ccccc3)cnc12. The van der Waals surface area contributed by atoms with E-state index in [1.165, 1.54) is 0 Å². The maximum absolute atomic E-state index is 12.4. The van der Waals surface area contributed by atoms with E-state index in [0.717, 1.165) is 11.2 Å². The number of nitrogens with zero attached hydrogens (tertiary/aromatic N) is 2. The summed E-state index contributed by atoms with van der Waals surface area (Å²) in [6, 6.07) is 13.2. The monoisotopic (exact) mass is 236 g/mol. The molecule has 0 unspecified atom stereocenters. The number of benzene rings is 1. The van der Waals surface area contributed by atoms with Gasteiger partial charge in [-0.3, -0.25) is 9.20 Å². The molecule has 1 aromatic carbocycles. The number of pyridine rings is 1. The fraction of sp³-hybridized carbons (Fsp3) is 0.0667. The standard InChI is InChI=1S/C15H12N2O/c1-11-6-5-9-17-13(10-16-15(11)17)14(18)12-7-3-2-4-8-12/h2-10H,1H3. The first kappa shape index (κ1) is 10.7. The molecule has 18 heavy (non-hydrogen) atoms. The molecule has 0 N–H and O–H groups in total. The Morgan fingerprint density at radius 1 is 1.11 bits per heavy atom. The van der Waals surface area contributed by atoms with Crippen molar-refractivity contribution >= 4 is 11.4 Å². The Kier molecular flexibility index (Phi) is 2.45. The summed E-state index contributed by atoms with van der Waals surface area (Å²) in [5.74, 6) is -0.00583. The van der Waals surface area contributed by atoms with Crippen molar-refractivity contribution in [3.8, 4) is 0 Å². The molecule has 0 aliphatic heterocycles. The molecule has 3 aromatic rings. The van der Waals surface area contributed by atoms with Gasteiger partial charge >= 0.3 is 0 Å². The molecule has 0 bridgehead atoms. The smallest absolute Gasteiger partial charge is 0.211 e.